The van der Waals surface area contributed by atoms with Gasteiger partial charge in [-0.3, -0.25) is 0 Å². The van der Waals surface area contributed by atoms with Gasteiger partial charge in [-0.05, 0) is 18.9 Å². The van der Waals surface area contributed by atoms with Gasteiger partial charge in [0, 0.05) is 25.3 Å². The van der Waals surface area contributed by atoms with Crippen molar-refractivity contribution >= 4 is 0 Å². The SMILES string of the molecule is N#CCOc1ccccc1CNCC1CCCO1. The fourth-order valence-electron chi connectivity index (χ4n) is 2.07. The van der Waals surface area contributed by atoms with Crippen LogP contribution in [0.4, 0.5) is 0 Å². The van der Waals surface area contributed by atoms with Crippen LogP contribution in [0.2, 0.25) is 0 Å². The molecule has 0 spiro atoms. The number of hydrogen-bond acceptors (Lipinski definition) is 4. The minimum Gasteiger partial charge on any atom is -0.478 e. The van der Waals surface area contributed by atoms with Crippen LogP contribution in [0.15, 0.2) is 24.3 Å². The highest BCUT2D eigenvalue weighted by Crippen LogP contribution is 2.18. The first kappa shape index (κ1) is 12.9. The smallest absolute Gasteiger partial charge is 0.174 e. The summed E-state index contributed by atoms with van der Waals surface area (Å²) in [6, 6.07) is 9.77. The van der Waals surface area contributed by atoms with Crippen LogP contribution in [0.5, 0.6) is 5.75 Å². The molecule has 0 radical (unpaired) electrons. The van der Waals surface area contributed by atoms with Crippen molar-refractivity contribution in [3.8, 4) is 11.8 Å². The quantitative estimate of drug-likeness (QED) is 0.832. The Hall–Kier alpha value is -1.57. The van der Waals surface area contributed by atoms with Gasteiger partial charge in [0.15, 0.2) is 6.61 Å². The van der Waals surface area contributed by atoms with E-state index in [-0.39, 0.29) is 6.61 Å². The lowest BCUT2D eigenvalue weighted by molar-refractivity contribution is 0.110. The lowest BCUT2D eigenvalue weighted by Crippen LogP contribution is -2.26. The van der Waals surface area contributed by atoms with Crippen LogP contribution in [0.25, 0.3) is 0 Å². The summed E-state index contributed by atoms with van der Waals surface area (Å²) in [4.78, 5) is 0. The van der Waals surface area contributed by atoms with Crippen LogP contribution in [-0.4, -0.2) is 25.9 Å². The number of nitrogens with zero attached hydrogens (tertiary/aromatic N) is 1. The van der Waals surface area contributed by atoms with Gasteiger partial charge in [0.1, 0.15) is 11.8 Å². The first-order chi connectivity index (χ1) is 8.90. The molecule has 4 nitrogen and oxygen atoms in total. The van der Waals surface area contributed by atoms with Gasteiger partial charge in [0.2, 0.25) is 0 Å². The van der Waals surface area contributed by atoms with Crippen LogP contribution in [-0.2, 0) is 11.3 Å². The number of nitriles is 1. The molecule has 1 aromatic carbocycles. The molecule has 1 aliphatic heterocycles. The molecular formula is C14H18N2O2. The highest BCUT2D eigenvalue weighted by atomic mass is 16.5. The molecule has 1 aromatic rings. The van der Waals surface area contributed by atoms with Gasteiger partial charge >= 0.3 is 0 Å². The molecule has 96 valence electrons. The second-order valence-corrected chi connectivity index (χ2v) is 4.32. The first-order valence-electron chi connectivity index (χ1n) is 6.30. The Morgan fingerprint density at radius 3 is 3.11 bits per heavy atom. The Balaban J connectivity index is 1.82. The monoisotopic (exact) mass is 246 g/mol. The molecular weight excluding hydrogens is 228 g/mol. The third-order valence-corrected chi connectivity index (χ3v) is 2.98. The van der Waals surface area contributed by atoms with E-state index in [4.69, 9.17) is 14.7 Å². The van der Waals surface area contributed by atoms with Crippen molar-refractivity contribution in [2.45, 2.75) is 25.5 Å². The van der Waals surface area contributed by atoms with E-state index in [0.717, 1.165) is 43.9 Å². The van der Waals surface area contributed by atoms with Gasteiger partial charge in [-0.25, -0.2) is 0 Å². The summed E-state index contributed by atoms with van der Waals surface area (Å²) in [7, 11) is 0. The first-order valence-corrected chi connectivity index (χ1v) is 6.30. The summed E-state index contributed by atoms with van der Waals surface area (Å²) in [5.41, 5.74) is 1.07. The summed E-state index contributed by atoms with van der Waals surface area (Å²) < 4.78 is 10.9. The fourth-order valence-corrected chi connectivity index (χ4v) is 2.07. The van der Waals surface area contributed by atoms with Crippen LogP contribution in [0, 0.1) is 11.3 Å². The van der Waals surface area contributed by atoms with Crippen molar-refractivity contribution in [3.63, 3.8) is 0 Å². The maximum absolute atomic E-state index is 8.53. The zero-order chi connectivity index (χ0) is 12.6. The van der Waals surface area contributed by atoms with Gasteiger partial charge in [0.05, 0.1) is 6.10 Å². The fraction of sp³-hybridized carbons (Fsp3) is 0.500. The molecule has 1 aliphatic rings. The van der Waals surface area contributed by atoms with E-state index in [2.05, 4.69) is 5.32 Å². The zero-order valence-electron chi connectivity index (χ0n) is 10.4. The number of hydrogen-bond donors (Lipinski definition) is 1. The summed E-state index contributed by atoms with van der Waals surface area (Å²) in [6.07, 6.45) is 2.64. The lowest BCUT2D eigenvalue weighted by Gasteiger charge is -2.13. The van der Waals surface area contributed by atoms with Crippen LogP contribution >= 0.6 is 0 Å². The molecule has 2 rings (SSSR count). The highest BCUT2D eigenvalue weighted by molar-refractivity contribution is 5.33. The van der Waals surface area contributed by atoms with Gasteiger partial charge in [-0.15, -0.1) is 0 Å². The number of nitrogens with one attached hydrogen (secondary N) is 1. The molecule has 1 unspecified atom stereocenters. The molecule has 1 N–H and O–H groups in total. The summed E-state index contributed by atoms with van der Waals surface area (Å²) in [5, 5.41) is 11.9. The van der Waals surface area contributed by atoms with E-state index in [9.17, 15) is 0 Å². The molecule has 1 saturated heterocycles. The van der Waals surface area contributed by atoms with Gasteiger partial charge in [-0.1, -0.05) is 18.2 Å². The molecule has 18 heavy (non-hydrogen) atoms. The molecule has 4 heteroatoms. The lowest BCUT2D eigenvalue weighted by atomic mass is 10.2. The van der Waals surface area contributed by atoms with Crippen LogP contribution in [0.1, 0.15) is 18.4 Å². The Bertz CT molecular complexity index is 409. The van der Waals surface area contributed by atoms with E-state index < -0.39 is 0 Å². The Labute approximate surface area is 108 Å². The molecule has 0 bridgehead atoms. The predicted molar refractivity (Wildman–Crippen MR) is 68.2 cm³/mol. The average Bonchev–Trinajstić information content (AvgIpc) is 2.91. The average molecular weight is 246 g/mol. The standard InChI is InChI=1S/C14H18N2O2/c15-7-9-18-14-6-2-1-4-12(14)10-16-11-13-5-3-8-17-13/h1-2,4,6,13,16H,3,5,8-11H2. The number of para-hydroxylation sites is 1. The summed E-state index contributed by atoms with van der Waals surface area (Å²) >= 11 is 0. The minimum atomic E-state index is 0.0861. The molecule has 0 saturated carbocycles. The predicted octanol–water partition coefficient (Wildman–Crippen LogP) is 1.86. The third-order valence-electron chi connectivity index (χ3n) is 2.98. The molecule has 0 aromatic heterocycles. The molecule has 1 atom stereocenters. The Morgan fingerprint density at radius 1 is 1.44 bits per heavy atom. The van der Waals surface area contributed by atoms with Crippen molar-refractivity contribution < 1.29 is 9.47 Å². The van der Waals surface area contributed by atoms with Crippen molar-refractivity contribution in [3.05, 3.63) is 29.8 Å². The number of benzene rings is 1. The maximum Gasteiger partial charge on any atom is 0.174 e. The van der Waals surface area contributed by atoms with Crippen LogP contribution in [0.3, 0.4) is 0 Å². The van der Waals surface area contributed by atoms with E-state index in [1.165, 1.54) is 0 Å². The summed E-state index contributed by atoms with van der Waals surface area (Å²) in [5.74, 6) is 0.777. The number of rotatable bonds is 6. The molecule has 0 aliphatic carbocycles. The van der Waals surface area contributed by atoms with E-state index in [0.29, 0.717) is 6.10 Å². The molecule has 1 heterocycles. The van der Waals surface area contributed by atoms with Crippen molar-refractivity contribution in [1.82, 2.24) is 5.32 Å². The molecule has 0 amide bonds. The number of ether oxygens (including phenoxy) is 2. The van der Waals surface area contributed by atoms with Gasteiger partial charge in [-0.2, -0.15) is 5.26 Å². The second kappa shape index (κ2) is 7.00. The van der Waals surface area contributed by atoms with Crippen molar-refractivity contribution in [1.29, 1.82) is 5.26 Å². The summed E-state index contributed by atoms with van der Waals surface area (Å²) in [6.45, 7) is 2.57. The molecule has 1 fully saturated rings. The van der Waals surface area contributed by atoms with E-state index >= 15 is 0 Å². The van der Waals surface area contributed by atoms with Crippen LogP contribution < -0.4 is 10.1 Å². The van der Waals surface area contributed by atoms with Crippen molar-refractivity contribution in [2.75, 3.05) is 19.8 Å². The Kier molecular flexibility index (Phi) is 5.00. The van der Waals surface area contributed by atoms with Gasteiger partial charge < -0.3 is 14.8 Å². The third kappa shape index (κ3) is 3.73. The topological polar surface area (TPSA) is 54.3 Å². The minimum absolute atomic E-state index is 0.0861. The Morgan fingerprint density at radius 2 is 2.33 bits per heavy atom. The highest BCUT2D eigenvalue weighted by Gasteiger charge is 2.14. The van der Waals surface area contributed by atoms with Gasteiger partial charge in [0.25, 0.3) is 0 Å². The van der Waals surface area contributed by atoms with E-state index in [1.807, 2.05) is 30.3 Å². The van der Waals surface area contributed by atoms with Crippen molar-refractivity contribution in [2.24, 2.45) is 0 Å². The second-order valence-electron chi connectivity index (χ2n) is 4.32. The zero-order valence-corrected chi connectivity index (χ0v) is 10.4. The van der Waals surface area contributed by atoms with E-state index in [1.54, 1.807) is 0 Å². The largest absolute Gasteiger partial charge is 0.478 e. The maximum atomic E-state index is 8.53. The normalized spacial score (nSPS) is 18.5.